The number of H-pyrrole nitrogens is 1. The van der Waals surface area contributed by atoms with Crippen LogP contribution in [0.3, 0.4) is 0 Å². The molecule has 3 heterocycles. The van der Waals surface area contributed by atoms with Crippen molar-refractivity contribution in [2.24, 2.45) is 5.92 Å². The summed E-state index contributed by atoms with van der Waals surface area (Å²) in [4.78, 5) is 28.3. The molecule has 1 atom stereocenters. The van der Waals surface area contributed by atoms with Crippen molar-refractivity contribution in [3.8, 4) is 11.5 Å². The molecule has 0 unspecified atom stereocenters. The minimum atomic E-state index is 0.143. The third-order valence-electron chi connectivity index (χ3n) is 7.00. The van der Waals surface area contributed by atoms with Crippen molar-refractivity contribution < 1.29 is 4.79 Å². The third kappa shape index (κ3) is 4.61. The van der Waals surface area contributed by atoms with Crippen molar-refractivity contribution in [2.75, 3.05) is 31.5 Å². The SMILES string of the molecule is Cc1[nH]c(-c2cccc(NCCN(C(=O)[C@@H]3CCNC3)C3CCCC3)n2)nc1C1CC1. The Hall–Kier alpha value is -2.41. The Morgan fingerprint density at radius 2 is 2.00 bits per heavy atom. The second kappa shape index (κ2) is 8.99. The lowest BCUT2D eigenvalue weighted by Crippen LogP contribution is -2.45. The number of pyridine rings is 1. The van der Waals surface area contributed by atoms with Crippen LogP contribution in [0.2, 0.25) is 0 Å². The molecule has 1 amide bonds. The van der Waals surface area contributed by atoms with Crippen molar-refractivity contribution in [3.05, 3.63) is 29.6 Å². The number of rotatable bonds is 8. The smallest absolute Gasteiger partial charge is 0.227 e. The first-order valence-corrected chi connectivity index (χ1v) is 12.0. The van der Waals surface area contributed by atoms with Gasteiger partial charge in [0.1, 0.15) is 11.5 Å². The number of imidazole rings is 1. The number of hydrogen-bond donors (Lipinski definition) is 3. The van der Waals surface area contributed by atoms with Crippen LogP contribution in [0, 0.1) is 12.8 Å². The molecule has 7 heteroatoms. The van der Waals surface area contributed by atoms with E-state index in [1.54, 1.807) is 0 Å². The van der Waals surface area contributed by atoms with Crippen LogP contribution in [0.4, 0.5) is 5.82 Å². The lowest BCUT2D eigenvalue weighted by molar-refractivity contribution is -0.137. The third-order valence-corrected chi connectivity index (χ3v) is 7.00. The van der Waals surface area contributed by atoms with Crippen LogP contribution in [-0.2, 0) is 4.79 Å². The highest BCUT2D eigenvalue weighted by molar-refractivity contribution is 5.79. The van der Waals surface area contributed by atoms with Gasteiger partial charge in [0.2, 0.25) is 5.91 Å². The summed E-state index contributed by atoms with van der Waals surface area (Å²) in [5.41, 5.74) is 3.22. The van der Waals surface area contributed by atoms with Crippen LogP contribution in [-0.4, -0.2) is 58.0 Å². The molecule has 31 heavy (non-hydrogen) atoms. The van der Waals surface area contributed by atoms with E-state index in [1.807, 2.05) is 18.2 Å². The molecule has 3 fully saturated rings. The number of carbonyl (C=O) groups is 1. The van der Waals surface area contributed by atoms with E-state index in [0.717, 1.165) is 61.9 Å². The van der Waals surface area contributed by atoms with Crippen LogP contribution < -0.4 is 10.6 Å². The van der Waals surface area contributed by atoms with Crippen LogP contribution in [0.15, 0.2) is 18.2 Å². The summed E-state index contributed by atoms with van der Waals surface area (Å²) in [6, 6.07) is 6.41. The van der Waals surface area contributed by atoms with Gasteiger partial charge in [-0.1, -0.05) is 18.9 Å². The number of carbonyl (C=O) groups excluding carboxylic acids is 1. The molecule has 166 valence electrons. The molecular weight excluding hydrogens is 388 g/mol. The monoisotopic (exact) mass is 422 g/mol. The lowest BCUT2D eigenvalue weighted by atomic mass is 10.1. The van der Waals surface area contributed by atoms with Gasteiger partial charge in [0.15, 0.2) is 5.82 Å². The van der Waals surface area contributed by atoms with E-state index < -0.39 is 0 Å². The van der Waals surface area contributed by atoms with Crippen molar-refractivity contribution in [2.45, 2.75) is 63.8 Å². The molecule has 5 rings (SSSR count). The number of aromatic nitrogens is 3. The minimum absolute atomic E-state index is 0.143. The van der Waals surface area contributed by atoms with Crippen LogP contribution in [0.1, 0.15) is 62.3 Å². The maximum atomic E-state index is 13.1. The van der Waals surface area contributed by atoms with E-state index in [4.69, 9.17) is 9.97 Å². The molecule has 3 aliphatic rings. The molecule has 1 saturated heterocycles. The standard InChI is InChI=1S/C24H34N6O/c1-16-22(17-9-10-17)29-23(27-16)20-7-4-8-21(28-20)26-13-14-30(19-5-2-3-6-19)24(31)18-11-12-25-15-18/h4,7-8,17-19,25H,2-3,5-6,9-15H2,1H3,(H,26,28)(H,27,29)/t18-/m1/s1. The molecule has 3 N–H and O–H groups in total. The van der Waals surface area contributed by atoms with Crippen molar-refractivity contribution in [1.82, 2.24) is 25.2 Å². The molecule has 1 aliphatic heterocycles. The Morgan fingerprint density at radius 3 is 2.74 bits per heavy atom. The predicted molar refractivity (Wildman–Crippen MR) is 122 cm³/mol. The largest absolute Gasteiger partial charge is 0.368 e. The number of aromatic amines is 1. The summed E-state index contributed by atoms with van der Waals surface area (Å²) in [5, 5.41) is 6.79. The summed E-state index contributed by atoms with van der Waals surface area (Å²) < 4.78 is 0. The lowest BCUT2D eigenvalue weighted by Gasteiger charge is -2.31. The molecule has 0 spiro atoms. The zero-order chi connectivity index (χ0) is 21.2. The van der Waals surface area contributed by atoms with E-state index in [-0.39, 0.29) is 5.92 Å². The molecule has 2 aromatic rings. The molecule has 2 aromatic heterocycles. The van der Waals surface area contributed by atoms with Gasteiger partial charge in [-0.25, -0.2) is 9.97 Å². The number of nitrogens with one attached hydrogen (secondary N) is 3. The normalized spacial score (nSPS) is 21.5. The maximum Gasteiger partial charge on any atom is 0.227 e. The van der Waals surface area contributed by atoms with Crippen molar-refractivity contribution in [3.63, 3.8) is 0 Å². The fraction of sp³-hybridized carbons (Fsp3) is 0.625. The Bertz CT molecular complexity index is 909. The van der Waals surface area contributed by atoms with Crippen molar-refractivity contribution in [1.29, 1.82) is 0 Å². The molecule has 0 radical (unpaired) electrons. The average Bonchev–Trinajstić information content (AvgIpc) is 3.19. The zero-order valence-corrected chi connectivity index (χ0v) is 18.5. The van der Waals surface area contributed by atoms with Gasteiger partial charge >= 0.3 is 0 Å². The highest BCUT2D eigenvalue weighted by Gasteiger charge is 2.32. The van der Waals surface area contributed by atoms with Gasteiger partial charge in [0.25, 0.3) is 0 Å². The summed E-state index contributed by atoms with van der Waals surface area (Å²) in [6.07, 6.45) is 8.20. The summed E-state index contributed by atoms with van der Waals surface area (Å²) in [7, 11) is 0. The number of amides is 1. The first-order valence-electron chi connectivity index (χ1n) is 12.0. The molecule has 0 aromatic carbocycles. The number of hydrogen-bond acceptors (Lipinski definition) is 5. The highest BCUT2D eigenvalue weighted by atomic mass is 16.2. The van der Waals surface area contributed by atoms with Gasteiger partial charge < -0.3 is 20.5 Å². The first kappa shape index (κ1) is 20.5. The quantitative estimate of drug-likeness (QED) is 0.607. The summed E-state index contributed by atoms with van der Waals surface area (Å²) in [6.45, 7) is 5.32. The molecular formula is C24H34N6O. The average molecular weight is 423 g/mol. The van der Waals surface area contributed by atoms with E-state index in [1.165, 1.54) is 31.4 Å². The van der Waals surface area contributed by atoms with Gasteiger partial charge in [0, 0.05) is 37.3 Å². The van der Waals surface area contributed by atoms with E-state index in [0.29, 0.717) is 24.4 Å². The van der Waals surface area contributed by atoms with E-state index in [2.05, 4.69) is 27.4 Å². The van der Waals surface area contributed by atoms with Gasteiger partial charge in [-0.15, -0.1) is 0 Å². The van der Waals surface area contributed by atoms with Crippen molar-refractivity contribution >= 4 is 11.7 Å². The summed E-state index contributed by atoms with van der Waals surface area (Å²) in [5.74, 6) is 2.78. The predicted octanol–water partition coefficient (Wildman–Crippen LogP) is 3.45. The summed E-state index contributed by atoms with van der Waals surface area (Å²) >= 11 is 0. The zero-order valence-electron chi connectivity index (χ0n) is 18.5. The maximum absolute atomic E-state index is 13.1. The van der Waals surface area contributed by atoms with Gasteiger partial charge in [-0.2, -0.15) is 0 Å². The van der Waals surface area contributed by atoms with Gasteiger partial charge in [0.05, 0.1) is 11.6 Å². The molecule has 2 saturated carbocycles. The topological polar surface area (TPSA) is 85.9 Å². The molecule has 0 bridgehead atoms. The Kier molecular flexibility index (Phi) is 5.94. The number of aryl methyl sites for hydroxylation is 1. The fourth-order valence-corrected chi connectivity index (χ4v) is 5.11. The number of anilines is 1. The van der Waals surface area contributed by atoms with Crippen LogP contribution >= 0.6 is 0 Å². The van der Waals surface area contributed by atoms with Gasteiger partial charge in [-0.05, 0) is 57.7 Å². The van der Waals surface area contributed by atoms with Crippen LogP contribution in [0.5, 0.6) is 0 Å². The Balaban J connectivity index is 1.23. The highest BCUT2D eigenvalue weighted by Crippen LogP contribution is 2.41. The minimum Gasteiger partial charge on any atom is -0.368 e. The first-order chi connectivity index (χ1) is 15.2. The Labute approximate surface area is 184 Å². The second-order valence-electron chi connectivity index (χ2n) is 9.36. The Morgan fingerprint density at radius 1 is 1.16 bits per heavy atom. The second-order valence-corrected chi connectivity index (χ2v) is 9.36. The van der Waals surface area contributed by atoms with Crippen LogP contribution in [0.25, 0.3) is 11.5 Å². The van der Waals surface area contributed by atoms with E-state index >= 15 is 0 Å². The van der Waals surface area contributed by atoms with Gasteiger partial charge in [-0.3, -0.25) is 4.79 Å². The van der Waals surface area contributed by atoms with E-state index in [9.17, 15) is 4.79 Å². The molecule has 7 nitrogen and oxygen atoms in total. The number of nitrogens with zero attached hydrogens (tertiary/aromatic N) is 3. The molecule has 2 aliphatic carbocycles. The fourth-order valence-electron chi connectivity index (χ4n) is 5.11.